The molecule has 16 heavy (non-hydrogen) atoms. The summed E-state index contributed by atoms with van der Waals surface area (Å²) in [5.74, 6) is 0. The molecule has 5 nitrogen and oxygen atoms in total. The first-order chi connectivity index (χ1) is 7.86. The standard InChI is InChI=1S/C11H9N5/c12-8-3-1-2-4-10(8)16-7-15-9-5-13-6-14-11(9)16/h1-7H,12H2. The summed E-state index contributed by atoms with van der Waals surface area (Å²) in [4.78, 5) is 12.3. The Morgan fingerprint density at radius 2 is 2.00 bits per heavy atom. The molecule has 3 rings (SSSR count). The summed E-state index contributed by atoms with van der Waals surface area (Å²) < 4.78 is 1.85. The maximum atomic E-state index is 5.91. The van der Waals surface area contributed by atoms with Gasteiger partial charge in [0.2, 0.25) is 0 Å². The first-order valence-corrected chi connectivity index (χ1v) is 4.84. The third-order valence-electron chi connectivity index (χ3n) is 2.41. The number of hydrogen-bond donors (Lipinski definition) is 1. The lowest BCUT2D eigenvalue weighted by atomic mass is 10.2. The molecule has 0 aliphatic rings. The third kappa shape index (κ3) is 1.22. The Morgan fingerprint density at radius 1 is 1.12 bits per heavy atom. The van der Waals surface area contributed by atoms with E-state index in [1.54, 1.807) is 12.5 Å². The van der Waals surface area contributed by atoms with Crippen LogP contribution in [0.15, 0.2) is 43.1 Å². The molecule has 78 valence electrons. The predicted molar refractivity (Wildman–Crippen MR) is 61.1 cm³/mol. The number of imidazole rings is 1. The van der Waals surface area contributed by atoms with Gasteiger partial charge in [-0.15, -0.1) is 0 Å². The predicted octanol–water partition coefficient (Wildman–Crippen LogP) is 1.40. The monoisotopic (exact) mass is 211 g/mol. The van der Waals surface area contributed by atoms with Gasteiger partial charge in [-0.2, -0.15) is 0 Å². The Labute approximate surface area is 91.6 Å². The summed E-state index contributed by atoms with van der Waals surface area (Å²) in [6.45, 7) is 0. The molecule has 0 saturated heterocycles. The van der Waals surface area contributed by atoms with Crippen LogP contribution in [0.5, 0.6) is 0 Å². The van der Waals surface area contributed by atoms with Crippen molar-refractivity contribution in [2.75, 3.05) is 5.73 Å². The highest BCUT2D eigenvalue weighted by Crippen LogP contribution is 2.20. The van der Waals surface area contributed by atoms with Gasteiger partial charge in [0.1, 0.15) is 18.2 Å². The molecule has 2 N–H and O–H groups in total. The lowest BCUT2D eigenvalue weighted by Gasteiger charge is -2.05. The van der Waals surface area contributed by atoms with Crippen molar-refractivity contribution in [3.05, 3.63) is 43.1 Å². The van der Waals surface area contributed by atoms with Crippen LogP contribution in [0.2, 0.25) is 0 Å². The van der Waals surface area contributed by atoms with Gasteiger partial charge in [0.25, 0.3) is 0 Å². The minimum Gasteiger partial charge on any atom is -0.397 e. The van der Waals surface area contributed by atoms with Crippen molar-refractivity contribution in [1.82, 2.24) is 19.5 Å². The van der Waals surface area contributed by atoms with E-state index in [1.165, 1.54) is 6.33 Å². The topological polar surface area (TPSA) is 69.6 Å². The fourth-order valence-corrected chi connectivity index (χ4v) is 1.65. The van der Waals surface area contributed by atoms with Crippen molar-refractivity contribution in [3.8, 4) is 5.69 Å². The second-order valence-corrected chi connectivity index (χ2v) is 3.40. The van der Waals surface area contributed by atoms with Crippen molar-refractivity contribution in [2.45, 2.75) is 0 Å². The van der Waals surface area contributed by atoms with Gasteiger partial charge in [-0.05, 0) is 12.1 Å². The fraction of sp³-hybridized carbons (Fsp3) is 0. The van der Waals surface area contributed by atoms with Crippen LogP contribution >= 0.6 is 0 Å². The number of nitrogens with two attached hydrogens (primary N) is 1. The van der Waals surface area contributed by atoms with Crippen LogP contribution in [0.3, 0.4) is 0 Å². The van der Waals surface area contributed by atoms with Crippen LogP contribution in [-0.4, -0.2) is 19.5 Å². The molecule has 2 heterocycles. The molecule has 0 aliphatic carbocycles. The van der Waals surface area contributed by atoms with E-state index in [1.807, 2.05) is 28.8 Å². The molecule has 0 fully saturated rings. The zero-order valence-corrected chi connectivity index (χ0v) is 8.41. The number of para-hydroxylation sites is 2. The maximum absolute atomic E-state index is 5.91. The Morgan fingerprint density at radius 3 is 2.88 bits per heavy atom. The minimum absolute atomic E-state index is 0.695. The van der Waals surface area contributed by atoms with Crippen LogP contribution in [0.4, 0.5) is 5.69 Å². The van der Waals surface area contributed by atoms with Crippen LogP contribution in [-0.2, 0) is 0 Å². The van der Waals surface area contributed by atoms with E-state index in [2.05, 4.69) is 15.0 Å². The highest BCUT2D eigenvalue weighted by molar-refractivity contribution is 5.74. The summed E-state index contributed by atoms with van der Waals surface area (Å²) in [6.07, 6.45) is 4.88. The van der Waals surface area contributed by atoms with Crippen molar-refractivity contribution in [3.63, 3.8) is 0 Å². The van der Waals surface area contributed by atoms with E-state index in [0.717, 1.165) is 16.9 Å². The van der Waals surface area contributed by atoms with Gasteiger partial charge >= 0.3 is 0 Å². The first-order valence-electron chi connectivity index (χ1n) is 4.84. The van der Waals surface area contributed by atoms with Gasteiger partial charge in [0.15, 0.2) is 5.65 Å². The second-order valence-electron chi connectivity index (χ2n) is 3.40. The van der Waals surface area contributed by atoms with Gasteiger partial charge in [-0.25, -0.2) is 15.0 Å². The van der Waals surface area contributed by atoms with Crippen LogP contribution in [0.1, 0.15) is 0 Å². The molecule has 3 aromatic rings. The number of hydrogen-bond acceptors (Lipinski definition) is 4. The molecule has 0 bridgehead atoms. The first kappa shape index (κ1) is 8.84. The minimum atomic E-state index is 0.695. The lowest BCUT2D eigenvalue weighted by Crippen LogP contribution is -1.98. The number of aromatic nitrogens is 4. The van der Waals surface area contributed by atoms with Crippen LogP contribution in [0.25, 0.3) is 16.9 Å². The maximum Gasteiger partial charge on any atom is 0.167 e. The summed E-state index contributed by atoms with van der Waals surface area (Å²) in [7, 11) is 0. The van der Waals surface area contributed by atoms with E-state index in [9.17, 15) is 0 Å². The molecule has 0 saturated carbocycles. The normalized spacial score (nSPS) is 10.8. The second kappa shape index (κ2) is 3.30. The van der Waals surface area contributed by atoms with Gasteiger partial charge in [-0.3, -0.25) is 4.57 Å². The Hall–Kier alpha value is -2.43. The van der Waals surface area contributed by atoms with Gasteiger partial charge in [-0.1, -0.05) is 12.1 Å². The van der Waals surface area contributed by atoms with Crippen LogP contribution < -0.4 is 5.73 Å². The molecule has 0 amide bonds. The Bertz CT molecular complexity index is 643. The molecular weight excluding hydrogens is 202 g/mol. The largest absolute Gasteiger partial charge is 0.397 e. The van der Waals surface area contributed by atoms with Crippen molar-refractivity contribution < 1.29 is 0 Å². The van der Waals surface area contributed by atoms with Gasteiger partial charge < -0.3 is 5.73 Å². The summed E-state index contributed by atoms with van der Waals surface area (Å²) in [5.41, 5.74) is 9.00. The van der Waals surface area contributed by atoms with Crippen LogP contribution in [0, 0.1) is 0 Å². The number of nitrogen functional groups attached to an aromatic ring is 1. The summed E-state index contributed by atoms with van der Waals surface area (Å²) in [6, 6.07) is 7.60. The smallest absolute Gasteiger partial charge is 0.167 e. The quantitative estimate of drug-likeness (QED) is 0.617. The molecular formula is C11H9N5. The summed E-state index contributed by atoms with van der Waals surface area (Å²) >= 11 is 0. The van der Waals surface area contributed by atoms with E-state index in [4.69, 9.17) is 5.73 Å². The molecule has 2 aromatic heterocycles. The molecule has 0 aliphatic heterocycles. The van der Waals surface area contributed by atoms with E-state index in [-0.39, 0.29) is 0 Å². The molecule has 0 atom stereocenters. The molecule has 0 unspecified atom stereocenters. The van der Waals surface area contributed by atoms with E-state index >= 15 is 0 Å². The number of benzene rings is 1. The zero-order valence-electron chi connectivity index (χ0n) is 8.41. The molecule has 0 radical (unpaired) electrons. The fourth-order valence-electron chi connectivity index (χ4n) is 1.65. The highest BCUT2D eigenvalue weighted by Gasteiger charge is 2.07. The van der Waals surface area contributed by atoms with Gasteiger partial charge in [0.05, 0.1) is 17.6 Å². The lowest BCUT2D eigenvalue weighted by molar-refractivity contribution is 1.06. The van der Waals surface area contributed by atoms with Crippen molar-refractivity contribution in [2.24, 2.45) is 0 Å². The summed E-state index contributed by atoms with van der Waals surface area (Å²) in [5, 5.41) is 0. The average molecular weight is 211 g/mol. The number of nitrogens with zero attached hydrogens (tertiary/aromatic N) is 4. The van der Waals surface area contributed by atoms with E-state index < -0.39 is 0 Å². The highest BCUT2D eigenvalue weighted by atomic mass is 15.1. The SMILES string of the molecule is Nc1ccccc1-n1cnc2cncnc21. The van der Waals surface area contributed by atoms with Crippen molar-refractivity contribution in [1.29, 1.82) is 0 Å². The van der Waals surface area contributed by atoms with Gasteiger partial charge in [0, 0.05) is 0 Å². The van der Waals surface area contributed by atoms with Crippen molar-refractivity contribution >= 4 is 16.9 Å². The van der Waals surface area contributed by atoms with E-state index in [0.29, 0.717) is 5.69 Å². The number of anilines is 1. The Kier molecular flexibility index (Phi) is 1.83. The molecule has 5 heteroatoms. The Balaban J connectivity index is 2.31. The third-order valence-corrected chi connectivity index (χ3v) is 2.41. The molecule has 0 spiro atoms. The average Bonchev–Trinajstić information content (AvgIpc) is 2.74. The number of rotatable bonds is 1. The number of fused-ring (bicyclic) bond motifs is 1. The molecule has 1 aromatic carbocycles. The zero-order chi connectivity index (χ0) is 11.0.